The number of ether oxygens (including phenoxy) is 4. The minimum Gasteiger partial charge on any atom is -0.394 e. The van der Waals surface area contributed by atoms with Crippen LogP contribution in [0.5, 0.6) is 0 Å². The van der Waals surface area contributed by atoms with Gasteiger partial charge < -0.3 is 65.1 Å². The van der Waals surface area contributed by atoms with E-state index in [1.54, 1.807) is 0 Å². The van der Waals surface area contributed by atoms with E-state index in [4.69, 9.17) is 18.9 Å². The van der Waals surface area contributed by atoms with Crippen LogP contribution in [0.25, 0.3) is 0 Å². The molecule has 1 amide bonds. The molecule has 9 N–H and O–H groups in total. The first-order valence-corrected chi connectivity index (χ1v) is 43.2. The molecule has 2 heterocycles. The normalized spacial score (nSPS) is 21.9. The summed E-state index contributed by atoms with van der Waals surface area (Å²) < 4.78 is 23.0. The molecule has 2 rings (SSSR count). The van der Waals surface area contributed by atoms with E-state index in [1.807, 2.05) is 0 Å². The molecule has 590 valence electrons. The van der Waals surface area contributed by atoms with E-state index < -0.39 is 86.8 Å². The van der Waals surface area contributed by atoms with E-state index in [9.17, 15) is 45.6 Å². The zero-order chi connectivity index (χ0) is 72.2. The fourth-order valence-corrected chi connectivity index (χ4v) is 14.5. The second-order valence-electron chi connectivity index (χ2n) is 30.7. The first kappa shape index (κ1) is 94.3. The molecule has 2 saturated heterocycles. The Kier molecular flexibility index (Phi) is 66.2. The average molecular weight is 1420 g/mol. The van der Waals surface area contributed by atoms with Gasteiger partial charge in [-0.1, -0.05) is 391 Å². The minimum absolute atomic E-state index is 0.198. The van der Waals surface area contributed by atoms with Crippen molar-refractivity contribution >= 4 is 5.91 Å². The lowest BCUT2D eigenvalue weighted by Crippen LogP contribution is -2.65. The van der Waals surface area contributed by atoms with Crippen LogP contribution in [0.4, 0.5) is 0 Å². The Morgan fingerprint density at radius 2 is 0.660 bits per heavy atom. The van der Waals surface area contributed by atoms with Gasteiger partial charge in [0.05, 0.1) is 32.0 Å². The molecule has 0 aromatic carbocycles. The molecule has 14 nitrogen and oxygen atoms in total. The van der Waals surface area contributed by atoms with Crippen LogP contribution < -0.4 is 5.32 Å². The quantitative estimate of drug-likeness (QED) is 0.0204. The number of nitrogens with one attached hydrogen (secondary N) is 1. The van der Waals surface area contributed by atoms with Crippen molar-refractivity contribution in [3.05, 3.63) is 36.5 Å². The van der Waals surface area contributed by atoms with Crippen molar-refractivity contribution in [1.29, 1.82) is 0 Å². The van der Waals surface area contributed by atoms with Crippen LogP contribution in [-0.4, -0.2) is 140 Å². The highest BCUT2D eigenvalue weighted by atomic mass is 16.7. The van der Waals surface area contributed by atoms with Crippen LogP contribution in [0, 0.1) is 0 Å². The predicted octanol–water partition coefficient (Wildman–Crippen LogP) is 20.4. The van der Waals surface area contributed by atoms with E-state index in [1.165, 1.54) is 321 Å². The first-order valence-electron chi connectivity index (χ1n) is 43.2. The number of amides is 1. The zero-order valence-electron chi connectivity index (χ0n) is 65.0. The summed E-state index contributed by atoms with van der Waals surface area (Å²) in [6, 6.07) is -0.830. The molecule has 0 spiro atoms. The Labute approximate surface area is 614 Å². The van der Waals surface area contributed by atoms with Crippen molar-refractivity contribution in [1.82, 2.24) is 5.32 Å². The predicted molar refractivity (Wildman–Crippen MR) is 415 cm³/mol. The first-order chi connectivity index (χ1) is 49.1. The monoisotopic (exact) mass is 1420 g/mol. The smallest absolute Gasteiger partial charge is 0.220 e. The van der Waals surface area contributed by atoms with Gasteiger partial charge in [-0.25, -0.2) is 0 Å². The van der Waals surface area contributed by atoms with Crippen molar-refractivity contribution in [3.63, 3.8) is 0 Å². The Hall–Kier alpha value is -1.79. The highest BCUT2D eigenvalue weighted by Gasteiger charge is 2.51. The van der Waals surface area contributed by atoms with Gasteiger partial charge >= 0.3 is 0 Å². The third-order valence-corrected chi connectivity index (χ3v) is 21.4. The van der Waals surface area contributed by atoms with Crippen LogP contribution in [0.1, 0.15) is 412 Å². The molecule has 12 atom stereocenters. The lowest BCUT2D eigenvalue weighted by molar-refractivity contribution is -0.359. The number of unbranched alkanes of at least 4 members (excludes halogenated alkanes) is 55. The number of rotatable bonds is 74. The van der Waals surface area contributed by atoms with Crippen molar-refractivity contribution < 1.29 is 64.6 Å². The Morgan fingerprint density at radius 1 is 0.360 bits per heavy atom. The fourth-order valence-electron chi connectivity index (χ4n) is 14.5. The summed E-state index contributed by atoms with van der Waals surface area (Å²) in [5.41, 5.74) is 0. The summed E-state index contributed by atoms with van der Waals surface area (Å²) in [6.45, 7) is 2.92. The summed E-state index contributed by atoms with van der Waals surface area (Å²) in [4.78, 5) is 13.4. The maximum absolute atomic E-state index is 13.4. The summed E-state index contributed by atoms with van der Waals surface area (Å²) in [5.74, 6) is -0.198. The van der Waals surface area contributed by atoms with Gasteiger partial charge in [-0.2, -0.15) is 0 Å². The number of hydrogen-bond acceptors (Lipinski definition) is 13. The van der Waals surface area contributed by atoms with Gasteiger partial charge in [0.1, 0.15) is 48.8 Å². The van der Waals surface area contributed by atoms with Gasteiger partial charge in [0, 0.05) is 6.42 Å². The second kappa shape index (κ2) is 70.2. The van der Waals surface area contributed by atoms with Crippen molar-refractivity contribution in [2.24, 2.45) is 0 Å². The van der Waals surface area contributed by atoms with Gasteiger partial charge in [0.15, 0.2) is 12.6 Å². The van der Waals surface area contributed by atoms with E-state index in [0.29, 0.717) is 12.8 Å². The number of aliphatic hydroxyl groups excluding tert-OH is 8. The molecule has 100 heavy (non-hydrogen) atoms. The van der Waals surface area contributed by atoms with E-state index in [0.717, 1.165) is 64.2 Å². The van der Waals surface area contributed by atoms with Gasteiger partial charge in [0.25, 0.3) is 0 Å². The Bertz CT molecular complexity index is 1820. The topological polar surface area (TPSA) is 228 Å². The molecule has 14 heteroatoms. The van der Waals surface area contributed by atoms with Gasteiger partial charge in [0.2, 0.25) is 5.91 Å². The van der Waals surface area contributed by atoms with Crippen LogP contribution in [0.2, 0.25) is 0 Å². The molecule has 0 saturated carbocycles. The molecule has 0 bridgehead atoms. The van der Waals surface area contributed by atoms with E-state index in [2.05, 4.69) is 55.6 Å². The maximum Gasteiger partial charge on any atom is 0.220 e. The number of aliphatic hydroxyl groups is 8. The summed E-state index contributed by atoms with van der Waals surface area (Å²) >= 11 is 0. The lowest BCUT2D eigenvalue weighted by Gasteiger charge is -2.46. The summed E-state index contributed by atoms with van der Waals surface area (Å²) in [6.07, 6.45) is 76.3. The molecule has 0 aliphatic carbocycles. The number of allylic oxidation sites excluding steroid dienone is 6. The molecule has 12 unspecified atom stereocenters. The van der Waals surface area contributed by atoms with Gasteiger partial charge in [-0.15, -0.1) is 0 Å². The third-order valence-electron chi connectivity index (χ3n) is 21.4. The Morgan fingerprint density at radius 3 is 1.01 bits per heavy atom. The highest BCUT2D eigenvalue weighted by molar-refractivity contribution is 5.76. The van der Waals surface area contributed by atoms with Crippen molar-refractivity contribution in [2.45, 2.75) is 485 Å². The maximum atomic E-state index is 13.4. The van der Waals surface area contributed by atoms with Crippen LogP contribution in [0.3, 0.4) is 0 Å². The molecule has 2 aliphatic rings. The number of carbonyl (C=O) groups excluding carboxylic acids is 1. The second-order valence-corrected chi connectivity index (χ2v) is 30.7. The summed E-state index contributed by atoms with van der Waals surface area (Å²) in [5, 5.41) is 88.0. The molecule has 0 radical (unpaired) electrons. The van der Waals surface area contributed by atoms with Crippen molar-refractivity contribution in [3.8, 4) is 0 Å². The molecule has 0 aromatic rings. The molecule has 0 aromatic heterocycles. The molecule has 2 fully saturated rings. The SMILES string of the molecule is CCCCCCC/C=C\C/C=C\C/C=C\CCCCCCCCCCCCCCCCCCCCC(=O)NC(COC1OC(CO)C(OC2OC(CO)C(O)C(O)C2O)C(O)C1O)C(O)CCCCCCCCCCCCCCCCCCCCCCCCCCCCCCCCCCC. The van der Waals surface area contributed by atoms with Gasteiger partial charge in [-0.3, -0.25) is 4.79 Å². The van der Waals surface area contributed by atoms with Gasteiger partial charge in [-0.05, 0) is 51.4 Å². The van der Waals surface area contributed by atoms with Crippen LogP contribution in [0.15, 0.2) is 36.5 Å². The Balaban J connectivity index is 1.57. The van der Waals surface area contributed by atoms with Crippen molar-refractivity contribution in [2.75, 3.05) is 19.8 Å². The summed E-state index contributed by atoms with van der Waals surface area (Å²) in [7, 11) is 0. The fraction of sp³-hybridized carbons (Fsp3) is 0.919. The third kappa shape index (κ3) is 52.2. The zero-order valence-corrected chi connectivity index (χ0v) is 65.0. The molecular formula is C86H163NO13. The van der Waals surface area contributed by atoms with E-state index in [-0.39, 0.29) is 12.5 Å². The van der Waals surface area contributed by atoms with Crippen LogP contribution in [-0.2, 0) is 23.7 Å². The number of hydrogen-bond donors (Lipinski definition) is 9. The van der Waals surface area contributed by atoms with Crippen LogP contribution >= 0.6 is 0 Å². The lowest BCUT2D eigenvalue weighted by atomic mass is 9.97. The van der Waals surface area contributed by atoms with E-state index >= 15 is 0 Å². The minimum atomic E-state index is -1.78. The average Bonchev–Trinajstić information content (AvgIpc) is 0.791. The highest BCUT2D eigenvalue weighted by Crippen LogP contribution is 2.31. The largest absolute Gasteiger partial charge is 0.394 e. The molecule has 2 aliphatic heterocycles. The standard InChI is InChI=1S/C86H163NO13/c1-3-5-7-9-11-13-15-17-19-21-23-25-27-29-31-33-35-37-39-41-43-45-47-49-51-53-55-57-59-61-63-65-67-69-75(90)74(73-97-85-83(96)81(94)84(77(72-89)99-85)100-86-82(95)80(93)79(92)76(71-88)98-86)87-78(91)70-68-66-64-62-60-58-56-54-52-50-48-46-44-42-40-38-36-34-32-30-28-26-24-22-20-18-16-14-12-10-8-6-4-2/h16,18,22,24,28,30,74-77,79-86,88-90,92-96H,3-15,17,19-21,23,25-27,29,31-73H2,1-2H3,(H,87,91)/b18-16-,24-22-,30-28-. The number of carbonyl (C=O) groups is 1. The molecular weight excluding hydrogens is 1250 g/mol.